The standard InChI is InChI=1S/C11H16N2O2/c14-10(7-4-5-12-6-7)11-13-8-2-1-3-9(8)15-11/h7,10,12,14H,1-6H2. The Morgan fingerprint density at radius 3 is 3.13 bits per heavy atom. The molecular formula is C11H16N2O2. The Morgan fingerprint density at radius 2 is 2.40 bits per heavy atom. The summed E-state index contributed by atoms with van der Waals surface area (Å²) in [6, 6.07) is 0. The van der Waals surface area contributed by atoms with Crippen molar-refractivity contribution in [1.82, 2.24) is 10.3 Å². The van der Waals surface area contributed by atoms with E-state index in [-0.39, 0.29) is 5.92 Å². The molecule has 82 valence electrons. The summed E-state index contributed by atoms with van der Waals surface area (Å²) in [6.45, 7) is 1.86. The topological polar surface area (TPSA) is 58.3 Å². The Bertz CT molecular complexity index is 334. The molecule has 0 saturated carbocycles. The lowest BCUT2D eigenvalue weighted by molar-refractivity contribution is 0.0878. The molecule has 2 aliphatic rings. The first-order valence-electron chi connectivity index (χ1n) is 5.72. The van der Waals surface area contributed by atoms with Crippen molar-refractivity contribution in [3.05, 3.63) is 17.3 Å². The largest absolute Gasteiger partial charge is 0.443 e. The average Bonchev–Trinajstić information content (AvgIpc) is 2.92. The van der Waals surface area contributed by atoms with Crippen LogP contribution in [0.3, 0.4) is 0 Å². The Balaban J connectivity index is 1.79. The van der Waals surface area contributed by atoms with Gasteiger partial charge in [-0.2, -0.15) is 0 Å². The molecule has 1 aromatic rings. The lowest BCUT2D eigenvalue weighted by Crippen LogP contribution is -2.16. The Morgan fingerprint density at radius 1 is 1.47 bits per heavy atom. The van der Waals surface area contributed by atoms with Crippen LogP contribution in [0.5, 0.6) is 0 Å². The second kappa shape index (κ2) is 3.61. The molecule has 0 spiro atoms. The van der Waals surface area contributed by atoms with E-state index in [2.05, 4.69) is 10.3 Å². The summed E-state index contributed by atoms with van der Waals surface area (Å²) in [5, 5.41) is 13.3. The van der Waals surface area contributed by atoms with Crippen LogP contribution in [0.1, 0.15) is 36.3 Å². The van der Waals surface area contributed by atoms with Crippen LogP contribution in [-0.4, -0.2) is 23.2 Å². The predicted molar refractivity (Wildman–Crippen MR) is 54.5 cm³/mol. The van der Waals surface area contributed by atoms with Crippen molar-refractivity contribution in [2.75, 3.05) is 13.1 Å². The Labute approximate surface area is 88.7 Å². The van der Waals surface area contributed by atoms with Gasteiger partial charge in [0.25, 0.3) is 0 Å². The van der Waals surface area contributed by atoms with E-state index in [4.69, 9.17) is 4.42 Å². The van der Waals surface area contributed by atoms with Gasteiger partial charge in [0.1, 0.15) is 11.9 Å². The van der Waals surface area contributed by atoms with Gasteiger partial charge >= 0.3 is 0 Å². The number of fused-ring (bicyclic) bond motifs is 1. The van der Waals surface area contributed by atoms with Gasteiger partial charge in [-0.25, -0.2) is 4.98 Å². The molecule has 0 bridgehead atoms. The minimum atomic E-state index is -0.523. The molecule has 4 nitrogen and oxygen atoms in total. The van der Waals surface area contributed by atoms with Gasteiger partial charge in [0.05, 0.1) is 5.69 Å². The maximum absolute atomic E-state index is 10.1. The summed E-state index contributed by atoms with van der Waals surface area (Å²) in [4.78, 5) is 4.39. The minimum absolute atomic E-state index is 0.267. The molecule has 2 N–H and O–H groups in total. The fraction of sp³-hybridized carbons (Fsp3) is 0.727. The number of nitrogens with zero attached hydrogens (tertiary/aromatic N) is 1. The molecule has 1 aliphatic carbocycles. The maximum Gasteiger partial charge on any atom is 0.223 e. The van der Waals surface area contributed by atoms with Crippen LogP contribution < -0.4 is 5.32 Å². The Kier molecular flexibility index (Phi) is 2.25. The number of aliphatic hydroxyl groups is 1. The third-order valence-electron chi connectivity index (χ3n) is 3.41. The first kappa shape index (κ1) is 9.36. The molecule has 0 aromatic carbocycles. The number of hydrogen-bond donors (Lipinski definition) is 2. The van der Waals surface area contributed by atoms with Crippen LogP contribution >= 0.6 is 0 Å². The van der Waals surface area contributed by atoms with E-state index < -0.39 is 6.10 Å². The van der Waals surface area contributed by atoms with E-state index in [1.165, 1.54) is 0 Å². The van der Waals surface area contributed by atoms with Gasteiger partial charge in [0.2, 0.25) is 5.89 Å². The third kappa shape index (κ3) is 1.58. The summed E-state index contributed by atoms with van der Waals surface area (Å²) in [7, 11) is 0. The monoisotopic (exact) mass is 208 g/mol. The zero-order valence-electron chi connectivity index (χ0n) is 8.70. The maximum atomic E-state index is 10.1. The van der Waals surface area contributed by atoms with E-state index in [1.54, 1.807) is 0 Å². The van der Waals surface area contributed by atoms with Crippen molar-refractivity contribution in [3.8, 4) is 0 Å². The summed E-state index contributed by atoms with van der Waals surface area (Å²) in [6.07, 6.45) is 3.62. The lowest BCUT2D eigenvalue weighted by Gasteiger charge is -2.13. The summed E-state index contributed by atoms with van der Waals surface area (Å²) in [5.41, 5.74) is 1.06. The van der Waals surface area contributed by atoms with Crippen LogP contribution in [0.15, 0.2) is 4.42 Å². The van der Waals surface area contributed by atoms with Gasteiger partial charge in [0.15, 0.2) is 0 Å². The molecular weight excluding hydrogens is 192 g/mol. The summed E-state index contributed by atoms with van der Waals surface area (Å²) < 4.78 is 5.61. The molecule has 1 aromatic heterocycles. The van der Waals surface area contributed by atoms with Gasteiger partial charge in [-0.1, -0.05) is 0 Å². The highest BCUT2D eigenvalue weighted by molar-refractivity contribution is 5.16. The van der Waals surface area contributed by atoms with Crippen molar-refractivity contribution in [2.45, 2.75) is 31.8 Å². The van der Waals surface area contributed by atoms with E-state index in [0.29, 0.717) is 5.89 Å². The second-order valence-electron chi connectivity index (χ2n) is 4.47. The molecule has 4 heteroatoms. The average molecular weight is 208 g/mol. The van der Waals surface area contributed by atoms with Crippen LogP contribution in [-0.2, 0) is 12.8 Å². The molecule has 2 atom stereocenters. The van der Waals surface area contributed by atoms with Gasteiger partial charge < -0.3 is 14.8 Å². The van der Waals surface area contributed by atoms with Gasteiger partial charge in [-0.3, -0.25) is 0 Å². The van der Waals surface area contributed by atoms with E-state index >= 15 is 0 Å². The van der Waals surface area contributed by atoms with Crippen molar-refractivity contribution >= 4 is 0 Å². The van der Waals surface area contributed by atoms with Gasteiger partial charge in [-0.05, 0) is 25.8 Å². The molecule has 0 radical (unpaired) electrons. The van der Waals surface area contributed by atoms with E-state index in [0.717, 1.165) is 50.2 Å². The highest BCUT2D eigenvalue weighted by Gasteiger charge is 2.30. The van der Waals surface area contributed by atoms with Crippen molar-refractivity contribution < 1.29 is 9.52 Å². The number of oxazole rings is 1. The molecule has 0 amide bonds. The number of aliphatic hydroxyl groups excluding tert-OH is 1. The third-order valence-corrected chi connectivity index (χ3v) is 3.41. The molecule has 1 saturated heterocycles. The fourth-order valence-corrected chi connectivity index (χ4v) is 2.48. The van der Waals surface area contributed by atoms with Gasteiger partial charge in [0, 0.05) is 18.9 Å². The lowest BCUT2D eigenvalue weighted by atomic mass is 10.0. The molecule has 15 heavy (non-hydrogen) atoms. The summed E-state index contributed by atoms with van der Waals surface area (Å²) >= 11 is 0. The van der Waals surface area contributed by atoms with E-state index in [1.807, 2.05) is 0 Å². The zero-order valence-corrected chi connectivity index (χ0v) is 8.70. The number of hydrogen-bond acceptors (Lipinski definition) is 4. The molecule has 1 fully saturated rings. The molecule has 1 aliphatic heterocycles. The number of nitrogens with one attached hydrogen (secondary N) is 1. The smallest absolute Gasteiger partial charge is 0.223 e. The van der Waals surface area contributed by atoms with Crippen molar-refractivity contribution in [1.29, 1.82) is 0 Å². The molecule has 3 rings (SSSR count). The van der Waals surface area contributed by atoms with Crippen LogP contribution in [0.25, 0.3) is 0 Å². The molecule has 2 heterocycles. The second-order valence-corrected chi connectivity index (χ2v) is 4.47. The number of rotatable bonds is 2. The quantitative estimate of drug-likeness (QED) is 0.755. The van der Waals surface area contributed by atoms with Crippen molar-refractivity contribution in [2.24, 2.45) is 5.92 Å². The normalized spacial score (nSPS) is 26.9. The predicted octanol–water partition coefficient (Wildman–Crippen LogP) is 0.806. The van der Waals surface area contributed by atoms with Gasteiger partial charge in [-0.15, -0.1) is 0 Å². The number of aromatic nitrogens is 1. The minimum Gasteiger partial charge on any atom is -0.443 e. The molecule has 2 unspecified atom stereocenters. The first-order chi connectivity index (χ1) is 7.34. The SMILES string of the molecule is OC(c1nc2c(o1)CCC2)C1CCNC1. The highest BCUT2D eigenvalue weighted by atomic mass is 16.4. The van der Waals surface area contributed by atoms with Crippen LogP contribution in [0.2, 0.25) is 0 Å². The highest BCUT2D eigenvalue weighted by Crippen LogP contribution is 2.30. The van der Waals surface area contributed by atoms with E-state index in [9.17, 15) is 5.11 Å². The summed E-state index contributed by atoms with van der Waals surface area (Å²) in [5.74, 6) is 1.80. The fourth-order valence-electron chi connectivity index (χ4n) is 2.48. The Hall–Kier alpha value is -0.870. The van der Waals surface area contributed by atoms with Crippen LogP contribution in [0.4, 0.5) is 0 Å². The zero-order chi connectivity index (χ0) is 10.3. The van der Waals surface area contributed by atoms with Crippen LogP contribution in [0, 0.1) is 5.92 Å². The number of aryl methyl sites for hydroxylation is 2. The van der Waals surface area contributed by atoms with Crippen molar-refractivity contribution in [3.63, 3.8) is 0 Å². The first-order valence-corrected chi connectivity index (χ1v) is 5.72.